The van der Waals surface area contributed by atoms with Crippen molar-refractivity contribution in [1.82, 2.24) is 0 Å². The Hall–Kier alpha value is -1.49. The van der Waals surface area contributed by atoms with Crippen molar-refractivity contribution in [1.29, 1.82) is 0 Å². The number of hydrogen-bond acceptors (Lipinski definition) is 2. The molecule has 0 spiro atoms. The second-order valence-electron chi connectivity index (χ2n) is 8.44. The Kier molecular flexibility index (Phi) is 12.6. The van der Waals surface area contributed by atoms with Gasteiger partial charge in [0, 0.05) is 5.56 Å². The third kappa shape index (κ3) is 7.77. The number of ether oxygens (including phenoxy) is 1. The minimum absolute atomic E-state index is 0. The molecular weight excluding hydrogens is 539 g/mol. The average Bonchev–Trinajstić information content (AvgIpc) is 3.27. The normalized spacial score (nSPS) is 14.7. The van der Waals surface area contributed by atoms with E-state index >= 15 is 0 Å². The summed E-state index contributed by atoms with van der Waals surface area (Å²) >= 11 is 0. The molecule has 0 aromatic heterocycles. The van der Waals surface area contributed by atoms with Gasteiger partial charge >= 0.3 is 20.4 Å². The van der Waals surface area contributed by atoms with E-state index in [0.29, 0.717) is 6.61 Å². The van der Waals surface area contributed by atoms with Crippen molar-refractivity contribution in [3.05, 3.63) is 111 Å². The molecule has 1 aliphatic heterocycles. The molecule has 1 heterocycles. The molecule has 4 rings (SSSR count). The third-order valence-electron chi connectivity index (χ3n) is 5.05. The Morgan fingerprint density at radius 1 is 0.848 bits per heavy atom. The van der Waals surface area contributed by atoms with Crippen molar-refractivity contribution in [3.63, 3.8) is 0 Å². The van der Waals surface area contributed by atoms with Gasteiger partial charge in [0.25, 0.3) is 0 Å². The van der Waals surface area contributed by atoms with Crippen molar-refractivity contribution in [2.75, 3.05) is 6.61 Å². The number of benzene rings is 3. The maximum absolute atomic E-state index is 6.10. The van der Waals surface area contributed by atoms with E-state index in [9.17, 15) is 0 Å². The SMILES string of the molecule is CC(C)(C)[C@H]1COC(c2ccccc2P(c2ccccc2)c2ccccc2)=N1.[CH2][CH][CH2].[Cl-].[Pd+2]. The predicted molar refractivity (Wildman–Crippen MR) is 136 cm³/mol. The van der Waals surface area contributed by atoms with Gasteiger partial charge in [0.1, 0.15) is 6.61 Å². The van der Waals surface area contributed by atoms with Crippen LogP contribution in [0.15, 0.2) is 89.9 Å². The van der Waals surface area contributed by atoms with E-state index in [4.69, 9.17) is 9.73 Å². The first-order valence-corrected chi connectivity index (χ1v) is 11.9. The molecule has 33 heavy (non-hydrogen) atoms. The first-order valence-electron chi connectivity index (χ1n) is 10.6. The van der Waals surface area contributed by atoms with Gasteiger partial charge in [-0.3, -0.25) is 0 Å². The summed E-state index contributed by atoms with van der Waals surface area (Å²) in [7, 11) is -0.686. The second-order valence-corrected chi connectivity index (χ2v) is 10.6. The minimum Gasteiger partial charge on any atom is -1.00 e. The maximum atomic E-state index is 6.10. The van der Waals surface area contributed by atoms with Crippen molar-refractivity contribution < 1.29 is 37.6 Å². The molecule has 0 amide bonds. The van der Waals surface area contributed by atoms with Crippen molar-refractivity contribution >= 4 is 29.7 Å². The summed E-state index contributed by atoms with van der Waals surface area (Å²) in [6.45, 7) is 13.8. The Bertz CT molecular complexity index is 950. The Morgan fingerprint density at radius 3 is 1.76 bits per heavy atom. The fourth-order valence-electron chi connectivity index (χ4n) is 3.40. The number of halogens is 1. The topological polar surface area (TPSA) is 21.6 Å². The second kappa shape index (κ2) is 14.0. The van der Waals surface area contributed by atoms with E-state index in [0.717, 1.165) is 11.5 Å². The first kappa shape index (κ1) is 29.5. The van der Waals surface area contributed by atoms with Crippen LogP contribution < -0.4 is 28.3 Å². The van der Waals surface area contributed by atoms with Crippen molar-refractivity contribution in [2.45, 2.75) is 26.8 Å². The van der Waals surface area contributed by atoms with Gasteiger partial charge in [-0.1, -0.05) is 99.6 Å². The van der Waals surface area contributed by atoms with Gasteiger partial charge in [-0.15, -0.1) is 0 Å². The summed E-state index contributed by atoms with van der Waals surface area (Å²) in [5, 5.41) is 3.97. The van der Waals surface area contributed by atoms with Gasteiger partial charge in [0.05, 0.1) is 6.04 Å². The first-order chi connectivity index (χ1) is 15.0. The molecule has 3 aromatic carbocycles. The van der Waals surface area contributed by atoms with Crippen molar-refractivity contribution in [2.24, 2.45) is 10.4 Å². The molecule has 2 nitrogen and oxygen atoms in total. The zero-order chi connectivity index (χ0) is 22.3. The van der Waals surface area contributed by atoms with Crippen LogP contribution in [0.4, 0.5) is 0 Å². The van der Waals surface area contributed by atoms with Gasteiger partial charge in [-0.25, -0.2) is 4.99 Å². The number of rotatable bonds is 4. The molecule has 1 atom stereocenters. The van der Waals surface area contributed by atoms with Gasteiger partial charge in [0.2, 0.25) is 5.90 Å². The van der Waals surface area contributed by atoms with E-state index in [-0.39, 0.29) is 44.3 Å². The molecule has 0 saturated heterocycles. The Balaban J connectivity index is 0.00000103. The van der Waals surface area contributed by atoms with Crippen LogP contribution in [0.3, 0.4) is 0 Å². The van der Waals surface area contributed by atoms with Crippen LogP contribution in [0.1, 0.15) is 26.3 Å². The number of hydrogen-bond donors (Lipinski definition) is 0. The van der Waals surface area contributed by atoms with E-state index in [1.807, 2.05) is 0 Å². The molecule has 0 aliphatic carbocycles. The van der Waals surface area contributed by atoms with E-state index in [1.165, 1.54) is 22.3 Å². The van der Waals surface area contributed by atoms with Crippen LogP contribution in [-0.4, -0.2) is 18.5 Å². The summed E-state index contributed by atoms with van der Waals surface area (Å²) < 4.78 is 6.10. The number of aliphatic imine (C=N–C) groups is 1. The quantitative estimate of drug-likeness (QED) is 0.349. The fourth-order valence-corrected chi connectivity index (χ4v) is 5.84. The average molecular weight is 570 g/mol. The van der Waals surface area contributed by atoms with Crippen LogP contribution >= 0.6 is 7.92 Å². The monoisotopic (exact) mass is 569 g/mol. The zero-order valence-corrected chi connectivity index (χ0v) is 22.6. The molecular formula is C28H31ClNOPPd+. The Morgan fingerprint density at radius 2 is 1.30 bits per heavy atom. The molecule has 0 N–H and O–H groups in total. The molecule has 3 radical (unpaired) electrons. The maximum Gasteiger partial charge on any atom is 2.00 e. The van der Waals surface area contributed by atoms with Crippen LogP contribution in [-0.2, 0) is 25.2 Å². The van der Waals surface area contributed by atoms with Crippen LogP contribution in [0.2, 0.25) is 0 Å². The predicted octanol–water partition coefficient (Wildman–Crippen LogP) is 2.50. The molecule has 175 valence electrons. The van der Waals surface area contributed by atoms with Crippen molar-refractivity contribution in [3.8, 4) is 0 Å². The molecule has 3 aromatic rings. The summed E-state index contributed by atoms with van der Waals surface area (Å²) in [4.78, 5) is 4.96. The summed E-state index contributed by atoms with van der Waals surface area (Å²) in [5.74, 6) is 0.787. The molecule has 1 aliphatic rings. The van der Waals surface area contributed by atoms with Gasteiger partial charge in [0.15, 0.2) is 0 Å². The smallest absolute Gasteiger partial charge is 1.00 e. The molecule has 5 heteroatoms. The van der Waals surface area contributed by atoms with Gasteiger partial charge in [-0.05, 0) is 55.6 Å². The minimum atomic E-state index is -0.686. The summed E-state index contributed by atoms with van der Waals surface area (Å²) in [5.41, 5.74) is 1.22. The molecule has 0 bridgehead atoms. The molecule has 0 unspecified atom stereocenters. The van der Waals surface area contributed by atoms with E-state index in [2.05, 4.69) is 120 Å². The van der Waals surface area contributed by atoms with Gasteiger partial charge in [-0.2, -0.15) is 0 Å². The largest absolute Gasteiger partial charge is 2.00 e. The molecule has 0 saturated carbocycles. The summed E-state index contributed by atoms with van der Waals surface area (Å²) in [6.07, 6.45) is 1.50. The van der Waals surface area contributed by atoms with E-state index in [1.54, 1.807) is 0 Å². The van der Waals surface area contributed by atoms with E-state index < -0.39 is 7.92 Å². The third-order valence-corrected chi connectivity index (χ3v) is 7.56. The standard InChI is InChI=1S/C25H26NOP.C3H5.ClH.Pd/c1-25(2,3)23-18-27-24(26-23)21-16-10-11-17-22(21)28(19-12-6-4-7-13-19)20-14-8-5-9-15-20;1-3-2;;/h4-17,23H,18H2,1-3H3;3H,1-2H2;1H;/q;;;+2/p-1/t23-;;;/m1.../s1. The van der Waals surface area contributed by atoms with Crippen LogP contribution in [0.25, 0.3) is 0 Å². The number of nitrogens with zero attached hydrogens (tertiary/aromatic N) is 1. The fraction of sp³-hybridized carbons (Fsp3) is 0.214. The van der Waals surface area contributed by atoms with Crippen LogP contribution in [0.5, 0.6) is 0 Å². The Labute approximate surface area is 221 Å². The summed E-state index contributed by atoms with van der Waals surface area (Å²) in [6, 6.07) is 30.3. The zero-order valence-electron chi connectivity index (χ0n) is 19.4. The van der Waals surface area contributed by atoms with Crippen LogP contribution in [0, 0.1) is 25.7 Å². The van der Waals surface area contributed by atoms with Gasteiger partial charge < -0.3 is 17.1 Å². The molecule has 0 fully saturated rings.